The summed E-state index contributed by atoms with van der Waals surface area (Å²) < 4.78 is 0.894. The summed E-state index contributed by atoms with van der Waals surface area (Å²) in [5.74, 6) is 0. The highest BCUT2D eigenvalue weighted by atomic mass is 127. The molecule has 0 bridgehead atoms. The quantitative estimate of drug-likeness (QED) is 0.498. The average molecular weight is 252 g/mol. The van der Waals surface area contributed by atoms with E-state index in [1.807, 2.05) is 0 Å². The minimum Gasteiger partial charge on any atom is -0.314 e. The predicted octanol–water partition coefficient (Wildman–Crippen LogP) is 0.468. The van der Waals surface area contributed by atoms with Crippen molar-refractivity contribution in [3.8, 4) is 0 Å². The molecule has 0 aromatic carbocycles. The molecule has 1 N–H and O–H groups in total. The zero-order valence-electron chi connectivity index (χ0n) is 6.02. The van der Waals surface area contributed by atoms with Gasteiger partial charge in [-0.05, 0) is 13.0 Å². The number of fused-ring (bicyclic) bond motifs is 1. The lowest BCUT2D eigenvalue weighted by atomic mass is 10.2. The van der Waals surface area contributed by atoms with Crippen molar-refractivity contribution < 1.29 is 0 Å². The molecule has 2 fully saturated rings. The number of hydrogen-bond acceptors (Lipinski definition) is 2. The van der Waals surface area contributed by atoms with E-state index in [9.17, 15) is 0 Å². The Morgan fingerprint density at radius 2 is 2.30 bits per heavy atom. The van der Waals surface area contributed by atoms with Gasteiger partial charge in [0.05, 0.1) is 0 Å². The Morgan fingerprint density at radius 1 is 1.40 bits per heavy atom. The van der Waals surface area contributed by atoms with Gasteiger partial charge in [0.25, 0.3) is 0 Å². The first-order chi connectivity index (χ1) is 4.88. The molecule has 0 amide bonds. The first-order valence-corrected chi connectivity index (χ1v) is 5.21. The summed E-state index contributed by atoms with van der Waals surface area (Å²) in [5.41, 5.74) is 0. The van der Waals surface area contributed by atoms with Crippen LogP contribution in [-0.2, 0) is 0 Å². The van der Waals surface area contributed by atoms with E-state index in [0.717, 1.165) is 9.97 Å². The molecule has 2 aliphatic rings. The van der Waals surface area contributed by atoms with Crippen molar-refractivity contribution in [2.45, 2.75) is 16.4 Å². The molecule has 0 saturated carbocycles. The molecular formula is C7H13IN2. The maximum absolute atomic E-state index is 3.44. The smallest absolute Gasteiger partial charge is 0.0339 e. The van der Waals surface area contributed by atoms with Gasteiger partial charge in [0.15, 0.2) is 0 Å². The van der Waals surface area contributed by atoms with Gasteiger partial charge in [-0.25, -0.2) is 0 Å². The highest BCUT2D eigenvalue weighted by Gasteiger charge is 2.33. The molecule has 1 unspecified atom stereocenters. The molecule has 2 nitrogen and oxygen atoms in total. The van der Waals surface area contributed by atoms with Crippen LogP contribution in [-0.4, -0.2) is 41.0 Å². The van der Waals surface area contributed by atoms with Crippen LogP contribution in [0.4, 0.5) is 0 Å². The standard InChI is InChI=1S/C7H13IN2/c8-6-1-3-10-4-2-9-5-7(6)10/h6-7,9H,1-5H2/t6-,7?/m1/s1. The van der Waals surface area contributed by atoms with E-state index in [1.54, 1.807) is 0 Å². The van der Waals surface area contributed by atoms with E-state index in [4.69, 9.17) is 0 Å². The summed E-state index contributed by atoms with van der Waals surface area (Å²) in [7, 11) is 0. The Kier molecular flexibility index (Phi) is 2.15. The number of hydrogen-bond donors (Lipinski definition) is 1. The number of nitrogens with zero attached hydrogens (tertiary/aromatic N) is 1. The molecule has 3 heteroatoms. The second-order valence-electron chi connectivity index (χ2n) is 3.11. The monoisotopic (exact) mass is 252 g/mol. The number of alkyl halides is 1. The van der Waals surface area contributed by atoms with Gasteiger partial charge in [0.1, 0.15) is 0 Å². The van der Waals surface area contributed by atoms with Crippen molar-refractivity contribution in [2.75, 3.05) is 26.2 Å². The molecule has 58 valence electrons. The van der Waals surface area contributed by atoms with Crippen LogP contribution in [0.1, 0.15) is 6.42 Å². The first kappa shape index (κ1) is 7.31. The molecular weight excluding hydrogens is 239 g/mol. The van der Waals surface area contributed by atoms with Gasteiger partial charge in [-0.15, -0.1) is 0 Å². The lowest BCUT2D eigenvalue weighted by molar-refractivity contribution is 0.216. The van der Waals surface area contributed by atoms with E-state index >= 15 is 0 Å². The minimum absolute atomic E-state index is 0.842. The third-order valence-corrected chi connectivity index (χ3v) is 3.96. The van der Waals surface area contributed by atoms with Gasteiger partial charge >= 0.3 is 0 Å². The topological polar surface area (TPSA) is 15.3 Å². The van der Waals surface area contributed by atoms with Gasteiger partial charge in [0.2, 0.25) is 0 Å². The van der Waals surface area contributed by atoms with Gasteiger partial charge in [-0.3, -0.25) is 4.90 Å². The number of rotatable bonds is 0. The zero-order valence-corrected chi connectivity index (χ0v) is 8.17. The third kappa shape index (κ3) is 1.19. The molecule has 0 aromatic heterocycles. The highest BCUT2D eigenvalue weighted by molar-refractivity contribution is 14.1. The van der Waals surface area contributed by atoms with Crippen molar-refractivity contribution >= 4 is 22.6 Å². The van der Waals surface area contributed by atoms with Crippen LogP contribution in [0.3, 0.4) is 0 Å². The maximum atomic E-state index is 3.44. The van der Waals surface area contributed by atoms with Crippen LogP contribution in [0.2, 0.25) is 0 Å². The Hall–Kier alpha value is 0.650. The van der Waals surface area contributed by atoms with Crippen LogP contribution in [0.15, 0.2) is 0 Å². The van der Waals surface area contributed by atoms with E-state index in [2.05, 4.69) is 32.8 Å². The lowest BCUT2D eigenvalue weighted by Crippen LogP contribution is -2.50. The Morgan fingerprint density at radius 3 is 3.10 bits per heavy atom. The summed E-state index contributed by atoms with van der Waals surface area (Å²) in [6.45, 7) is 5.01. The minimum atomic E-state index is 0.842. The van der Waals surface area contributed by atoms with Crippen LogP contribution in [0.25, 0.3) is 0 Å². The van der Waals surface area contributed by atoms with Gasteiger partial charge in [-0.1, -0.05) is 22.6 Å². The van der Waals surface area contributed by atoms with E-state index in [0.29, 0.717) is 0 Å². The summed E-state index contributed by atoms with van der Waals surface area (Å²) in [4.78, 5) is 2.62. The fourth-order valence-corrected chi connectivity index (χ4v) is 2.87. The van der Waals surface area contributed by atoms with Gasteiger partial charge in [-0.2, -0.15) is 0 Å². The highest BCUT2D eigenvalue weighted by Crippen LogP contribution is 2.25. The SMILES string of the molecule is I[C@@H]1CCN2CCNCC12. The Bertz CT molecular complexity index is 127. The molecule has 2 heterocycles. The molecule has 0 radical (unpaired) electrons. The van der Waals surface area contributed by atoms with E-state index in [1.165, 1.54) is 32.6 Å². The Balaban J connectivity index is 2.01. The van der Waals surface area contributed by atoms with Crippen LogP contribution >= 0.6 is 22.6 Å². The van der Waals surface area contributed by atoms with E-state index < -0.39 is 0 Å². The average Bonchev–Trinajstić information content (AvgIpc) is 2.34. The van der Waals surface area contributed by atoms with Crippen molar-refractivity contribution in [1.82, 2.24) is 10.2 Å². The lowest BCUT2D eigenvalue weighted by Gasteiger charge is -2.31. The molecule has 0 spiro atoms. The fraction of sp³-hybridized carbons (Fsp3) is 1.00. The molecule has 2 saturated heterocycles. The molecule has 2 rings (SSSR count). The van der Waals surface area contributed by atoms with Gasteiger partial charge in [0, 0.05) is 29.6 Å². The number of halogens is 1. The van der Waals surface area contributed by atoms with Crippen molar-refractivity contribution in [1.29, 1.82) is 0 Å². The molecule has 0 aromatic rings. The fourth-order valence-electron chi connectivity index (χ4n) is 1.88. The summed E-state index contributed by atoms with van der Waals surface area (Å²) >= 11 is 2.58. The van der Waals surface area contributed by atoms with Crippen LogP contribution in [0.5, 0.6) is 0 Å². The summed E-state index contributed by atoms with van der Waals surface area (Å²) in [6, 6.07) is 0.842. The van der Waals surface area contributed by atoms with E-state index in [-0.39, 0.29) is 0 Å². The van der Waals surface area contributed by atoms with Gasteiger partial charge < -0.3 is 5.32 Å². The van der Waals surface area contributed by atoms with Crippen LogP contribution < -0.4 is 5.32 Å². The summed E-state index contributed by atoms with van der Waals surface area (Å²) in [5, 5.41) is 3.44. The summed E-state index contributed by atoms with van der Waals surface area (Å²) in [6.07, 6.45) is 1.40. The van der Waals surface area contributed by atoms with Crippen molar-refractivity contribution in [2.24, 2.45) is 0 Å². The normalized spacial score (nSPS) is 41.7. The molecule has 2 atom stereocenters. The number of piperazine rings is 1. The zero-order chi connectivity index (χ0) is 6.97. The van der Waals surface area contributed by atoms with Crippen molar-refractivity contribution in [3.05, 3.63) is 0 Å². The largest absolute Gasteiger partial charge is 0.314 e. The second-order valence-corrected chi connectivity index (χ2v) is 4.71. The third-order valence-electron chi connectivity index (χ3n) is 2.51. The predicted molar refractivity (Wildman–Crippen MR) is 50.7 cm³/mol. The maximum Gasteiger partial charge on any atom is 0.0339 e. The molecule has 0 aliphatic carbocycles. The Labute approximate surface area is 75.5 Å². The molecule has 2 aliphatic heterocycles. The van der Waals surface area contributed by atoms with Crippen molar-refractivity contribution in [3.63, 3.8) is 0 Å². The molecule has 10 heavy (non-hydrogen) atoms. The number of nitrogens with one attached hydrogen (secondary N) is 1. The first-order valence-electron chi connectivity index (χ1n) is 3.97. The van der Waals surface area contributed by atoms with Crippen LogP contribution in [0, 0.1) is 0 Å². The second kappa shape index (κ2) is 2.95.